The van der Waals surface area contributed by atoms with Crippen molar-refractivity contribution >= 4 is 0 Å². The van der Waals surface area contributed by atoms with Gasteiger partial charge in [0.15, 0.2) is 6.29 Å². The Kier molecular flexibility index (Phi) is 2.83. The Morgan fingerprint density at radius 3 is 2.77 bits per heavy atom. The maximum absolute atomic E-state index is 9.66. The number of ether oxygens (including phenoxy) is 3. The van der Waals surface area contributed by atoms with Crippen molar-refractivity contribution in [3.63, 3.8) is 0 Å². The molecule has 0 radical (unpaired) electrons. The molecule has 1 saturated heterocycles. The third kappa shape index (κ3) is 2.21. The van der Waals surface area contributed by atoms with Gasteiger partial charge < -0.3 is 19.3 Å². The van der Waals surface area contributed by atoms with Gasteiger partial charge in [-0.2, -0.15) is 0 Å². The molecule has 2 aliphatic rings. The highest BCUT2D eigenvalue weighted by atomic mass is 16.7. The average Bonchev–Trinajstić information content (AvgIpc) is 2.74. The monoisotopic (exact) mass is 186 g/mol. The van der Waals surface area contributed by atoms with Crippen LogP contribution in [0.1, 0.15) is 12.8 Å². The molecule has 0 aliphatic carbocycles. The first-order valence-electron chi connectivity index (χ1n) is 4.60. The van der Waals surface area contributed by atoms with Gasteiger partial charge in [-0.15, -0.1) is 0 Å². The van der Waals surface area contributed by atoms with Gasteiger partial charge in [-0.25, -0.2) is 0 Å². The Hall–Kier alpha value is -0.580. The van der Waals surface area contributed by atoms with Gasteiger partial charge in [0.1, 0.15) is 11.9 Å². The van der Waals surface area contributed by atoms with Crippen molar-refractivity contribution in [1.29, 1.82) is 0 Å². The van der Waals surface area contributed by atoms with E-state index in [-0.39, 0.29) is 6.29 Å². The first kappa shape index (κ1) is 8.99. The lowest BCUT2D eigenvalue weighted by molar-refractivity contribution is -0.0706. The molecule has 0 amide bonds. The molecule has 0 spiro atoms. The summed E-state index contributed by atoms with van der Waals surface area (Å²) in [7, 11) is 0. The maximum Gasteiger partial charge on any atom is 0.160 e. The summed E-state index contributed by atoms with van der Waals surface area (Å²) in [6.45, 7) is 1.92. The van der Waals surface area contributed by atoms with Crippen LogP contribution < -0.4 is 0 Å². The fraction of sp³-hybridized carbons (Fsp3) is 0.778. The molecule has 1 atom stereocenters. The van der Waals surface area contributed by atoms with Crippen molar-refractivity contribution in [2.24, 2.45) is 0 Å². The molecule has 0 aromatic carbocycles. The van der Waals surface area contributed by atoms with Gasteiger partial charge in [0, 0.05) is 12.8 Å². The van der Waals surface area contributed by atoms with Gasteiger partial charge in [0.05, 0.1) is 19.8 Å². The van der Waals surface area contributed by atoms with E-state index in [2.05, 4.69) is 0 Å². The average molecular weight is 186 g/mol. The van der Waals surface area contributed by atoms with E-state index in [1.807, 2.05) is 6.08 Å². The minimum absolute atomic E-state index is 0.264. The normalized spacial score (nSPS) is 25.8. The van der Waals surface area contributed by atoms with Crippen LogP contribution in [0.15, 0.2) is 11.8 Å². The second-order valence-electron chi connectivity index (χ2n) is 3.17. The molecule has 4 nitrogen and oxygen atoms in total. The Balaban J connectivity index is 1.79. The molecule has 74 valence electrons. The minimum Gasteiger partial charge on any atom is -0.495 e. The molecule has 1 unspecified atom stereocenters. The summed E-state index contributed by atoms with van der Waals surface area (Å²) < 4.78 is 15.7. The largest absolute Gasteiger partial charge is 0.495 e. The van der Waals surface area contributed by atoms with Crippen molar-refractivity contribution < 1.29 is 19.3 Å². The molecule has 0 saturated carbocycles. The molecule has 1 fully saturated rings. The highest BCUT2D eigenvalue weighted by Crippen LogP contribution is 2.19. The van der Waals surface area contributed by atoms with Crippen LogP contribution in [-0.2, 0) is 14.2 Å². The van der Waals surface area contributed by atoms with E-state index in [0.717, 1.165) is 6.42 Å². The molecule has 13 heavy (non-hydrogen) atoms. The Morgan fingerprint density at radius 1 is 1.38 bits per heavy atom. The second-order valence-corrected chi connectivity index (χ2v) is 3.17. The number of aliphatic hydroxyl groups excluding tert-OH is 1. The van der Waals surface area contributed by atoms with Gasteiger partial charge >= 0.3 is 0 Å². The second kappa shape index (κ2) is 4.09. The lowest BCUT2D eigenvalue weighted by atomic mass is 10.2. The van der Waals surface area contributed by atoms with Crippen LogP contribution in [-0.4, -0.2) is 37.3 Å². The molecule has 0 bridgehead atoms. The fourth-order valence-corrected chi connectivity index (χ4v) is 1.51. The Morgan fingerprint density at radius 2 is 2.15 bits per heavy atom. The standard InChI is InChI=1S/C9H14O4/c10-7(8-2-1-3-11-8)6-9-12-4-5-13-9/h2,7,9-10H,1,3-6H2. The van der Waals surface area contributed by atoms with Crippen LogP contribution in [0.25, 0.3) is 0 Å². The predicted molar refractivity (Wildman–Crippen MR) is 45.0 cm³/mol. The topological polar surface area (TPSA) is 47.9 Å². The SMILES string of the molecule is OC(CC1OCCO1)C1=CCCO1. The Bertz CT molecular complexity index is 196. The van der Waals surface area contributed by atoms with Gasteiger partial charge in [-0.1, -0.05) is 0 Å². The summed E-state index contributed by atoms with van der Waals surface area (Å²) >= 11 is 0. The fourth-order valence-electron chi connectivity index (χ4n) is 1.51. The van der Waals surface area contributed by atoms with Crippen LogP contribution in [0, 0.1) is 0 Å². The Labute approximate surface area is 77.1 Å². The number of hydrogen-bond donors (Lipinski definition) is 1. The van der Waals surface area contributed by atoms with Crippen molar-refractivity contribution in [2.45, 2.75) is 25.2 Å². The van der Waals surface area contributed by atoms with Crippen LogP contribution in [0.4, 0.5) is 0 Å². The summed E-state index contributed by atoms with van der Waals surface area (Å²) in [5.74, 6) is 0.666. The van der Waals surface area contributed by atoms with Gasteiger partial charge in [-0.05, 0) is 6.08 Å². The molecule has 0 aromatic heterocycles. The number of aliphatic hydroxyl groups is 1. The summed E-state index contributed by atoms with van der Waals surface area (Å²) in [6, 6.07) is 0. The molecule has 2 heterocycles. The van der Waals surface area contributed by atoms with E-state index in [4.69, 9.17) is 14.2 Å². The van der Waals surface area contributed by atoms with Crippen molar-refractivity contribution in [2.75, 3.05) is 19.8 Å². The highest BCUT2D eigenvalue weighted by Gasteiger charge is 2.24. The molecular weight excluding hydrogens is 172 g/mol. The van der Waals surface area contributed by atoms with E-state index in [0.29, 0.717) is 32.0 Å². The van der Waals surface area contributed by atoms with Crippen LogP contribution in [0.3, 0.4) is 0 Å². The van der Waals surface area contributed by atoms with Crippen molar-refractivity contribution in [3.05, 3.63) is 11.8 Å². The zero-order chi connectivity index (χ0) is 9.10. The van der Waals surface area contributed by atoms with Crippen molar-refractivity contribution in [3.8, 4) is 0 Å². The van der Waals surface area contributed by atoms with E-state index >= 15 is 0 Å². The van der Waals surface area contributed by atoms with Crippen LogP contribution >= 0.6 is 0 Å². The maximum atomic E-state index is 9.66. The minimum atomic E-state index is -0.578. The van der Waals surface area contributed by atoms with E-state index in [1.54, 1.807) is 0 Å². The molecule has 2 rings (SSSR count). The summed E-state index contributed by atoms with van der Waals surface area (Å²) in [4.78, 5) is 0. The predicted octanol–water partition coefficient (Wildman–Crippen LogP) is 0.415. The van der Waals surface area contributed by atoms with E-state index in [1.165, 1.54) is 0 Å². The summed E-state index contributed by atoms with van der Waals surface area (Å²) in [5.41, 5.74) is 0. The molecule has 4 heteroatoms. The van der Waals surface area contributed by atoms with Gasteiger partial charge in [-0.3, -0.25) is 0 Å². The quantitative estimate of drug-likeness (QED) is 0.693. The zero-order valence-electron chi connectivity index (χ0n) is 7.44. The zero-order valence-corrected chi connectivity index (χ0v) is 7.44. The highest BCUT2D eigenvalue weighted by molar-refractivity contribution is 5.03. The first-order chi connectivity index (χ1) is 6.36. The molecular formula is C9H14O4. The first-order valence-corrected chi connectivity index (χ1v) is 4.60. The van der Waals surface area contributed by atoms with E-state index < -0.39 is 6.10 Å². The van der Waals surface area contributed by atoms with Crippen LogP contribution in [0.5, 0.6) is 0 Å². The lowest BCUT2D eigenvalue weighted by Gasteiger charge is -2.15. The molecule has 2 aliphatic heterocycles. The molecule has 1 N–H and O–H groups in total. The summed E-state index contributed by atoms with van der Waals surface area (Å²) in [5, 5.41) is 9.66. The molecule has 0 aromatic rings. The van der Waals surface area contributed by atoms with Crippen molar-refractivity contribution in [1.82, 2.24) is 0 Å². The van der Waals surface area contributed by atoms with E-state index in [9.17, 15) is 5.11 Å². The lowest BCUT2D eigenvalue weighted by Crippen LogP contribution is -2.20. The van der Waals surface area contributed by atoms with Crippen LogP contribution in [0.2, 0.25) is 0 Å². The van der Waals surface area contributed by atoms with Gasteiger partial charge in [0.2, 0.25) is 0 Å². The smallest absolute Gasteiger partial charge is 0.160 e. The van der Waals surface area contributed by atoms with Gasteiger partial charge in [0.25, 0.3) is 0 Å². The number of rotatable bonds is 3. The number of hydrogen-bond acceptors (Lipinski definition) is 4. The third-order valence-electron chi connectivity index (χ3n) is 2.17. The third-order valence-corrected chi connectivity index (χ3v) is 2.17. The summed E-state index contributed by atoms with van der Waals surface area (Å²) in [6.07, 6.45) is 2.43.